The fourth-order valence-electron chi connectivity index (χ4n) is 2.58. The monoisotopic (exact) mass is 353 g/mol. The minimum absolute atomic E-state index is 0.173. The number of hydrogen-bond donors (Lipinski definition) is 1. The fraction of sp³-hybridized carbons (Fsp3) is 0.562. The molecule has 1 saturated heterocycles. The van der Waals surface area contributed by atoms with Gasteiger partial charge < -0.3 is 15.1 Å². The molecule has 0 saturated carbocycles. The van der Waals surface area contributed by atoms with Crippen LogP contribution in [-0.4, -0.2) is 43.0 Å². The van der Waals surface area contributed by atoms with Crippen molar-refractivity contribution in [3.8, 4) is 0 Å². The first-order valence-electron chi connectivity index (χ1n) is 7.49. The molecule has 1 amide bonds. The lowest BCUT2D eigenvalue weighted by Crippen LogP contribution is -2.48. The molecule has 1 aromatic carbocycles. The molecule has 5 heteroatoms. The van der Waals surface area contributed by atoms with Crippen molar-refractivity contribution in [2.45, 2.75) is 33.4 Å². The molecule has 21 heavy (non-hydrogen) atoms. The minimum Gasteiger partial charge on any atom is -0.368 e. The summed E-state index contributed by atoms with van der Waals surface area (Å²) >= 11 is 3.56. The first-order valence-corrected chi connectivity index (χ1v) is 8.29. The van der Waals surface area contributed by atoms with E-state index in [-0.39, 0.29) is 5.91 Å². The Morgan fingerprint density at radius 2 is 1.95 bits per heavy atom. The summed E-state index contributed by atoms with van der Waals surface area (Å²) in [6, 6.07) is 6.91. The molecule has 2 rings (SSSR count). The molecule has 1 heterocycles. The largest absolute Gasteiger partial charge is 0.368 e. The summed E-state index contributed by atoms with van der Waals surface area (Å²) in [6.07, 6.45) is 0. The van der Waals surface area contributed by atoms with E-state index in [2.05, 4.69) is 58.2 Å². The van der Waals surface area contributed by atoms with Crippen molar-refractivity contribution >= 4 is 27.5 Å². The maximum Gasteiger partial charge on any atom is 0.219 e. The van der Waals surface area contributed by atoms with Crippen LogP contribution in [0.5, 0.6) is 0 Å². The quantitative estimate of drug-likeness (QED) is 0.903. The maximum absolute atomic E-state index is 11.4. The summed E-state index contributed by atoms with van der Waals surface area (Å²) in [5.74, 6) is 0.173. The molecule has 0 aliphatic carbocycles. The van der Waals surface area contributed by atoms with Gasteiger partial charge in [-0.25, -0.2) is 0 Å². The minimum atomic E-state index is 0.173. The Balaban J connectivity index is 2.10. The van der Waals surface area contributed by atoms with Gasteiger partial charge in [-0.3, -0.25) is 4.79 Å². The van der Waals surface area contributed by atoms with Gasteiger partial charge in [-0.1, -0.05) is 29.8 Å². The van der Waals surface area contributed by atoms with Crippen molar-refractivity contribution in [3.63, 3.8) is 0 Å². The van der Waals surface area contributed by atoms with Gasteiger partial charge in [0.05, 0.1) is 0 Å². The molecule has 1 fully saturated rings. The lowest BCUT2D eigenvalue weighted by molar-refractivity contribution is -0.129. The van der Waals surface area contributed by atoms with Crippen molar-refractivity contribution in [2.75, 3.05) is 31.1 Å². The third-order valence-corrected chi connectivity index (χ3v) is 4.30. The van der Waals surface area contributed by atoms with E-state index >= 15 is 0 Å². The van der Waals surface area contributed by atoms with Gasteiger partial charge in [0.25, 0.3) is 0 Å². The van der Waals surface area contributed by atoms with Crippen molar-refractivity contribution in [1.29, 1.82) is 0 Å². The Hall–Kier alpha value is -1.07. The molecule has 1 N–H and O–H groups in total. The topological polar surface area (TPSA) is 35.6 Å². The SMILES string of the molecule is CC(=O)N1CCN(c2ccc(Br)cc2CNC(C)C)CC1. The van der Waals surface area contributed by atoms with E-state index in [4.69, 9.17) is 0 Å². The number of nitrogens with zero attached hydrogens (tertiary/aromatic N) is 2. The van der Waals surface area contributed by atoms with E-state index in [9.17, 15) is 4.79 Å². The van der Waals surface area contributed by atoms with Crippen molar-refractivity contribution in [3.05, 3.63) is 28.2 Å². The predicted molar refractivity (Wildman–Crippen MR) is 90.6 cm³/mol. The number of halogens is 1. The van der Waals surface area contributed by atoms with Crippen LogP contribution in [0, 0.1) is 0 Å². The van der Waals surface area contributed by atoms with Crippen LogP contribution in [0.15, 0.2) is 22.7 Å². The number of piperazine rings is 1. The lowest BCUT2D eigenvalue weighted by Gasteiger charge is -2.36. The zero-order chi connectivity index (χ0) is 15.4. The summed E-state index contributed by atoms with van der Waals surface area (Å²) in [7, 11) is 0. The Bertz CT molecular complexity index is 496. The second kappa shape index (κ2) is 7.27. The molecule has 0 atom stereocenters. The van der Waals surface area contributed by atoms with E-state index in [0.29, 0.717) is 6.04 Å². The molecule has 0 aromatic heterocycles. The number of carbonyl (C=O) groups excluding carboxylic acids is 1. The Morgan fingerprint density at radius 3 is 2.52 bits per heavy atom. The third-order valence-electron chi connectivity index (χ3n) is 3.81. The highest BCUT2D eigenvalue weighted by atomic mass is 79.9. The molecule has 0 radical (unpaired) electrons. The molecular formula is C16H24BrN3O. The van der Waals surface area contributed by atoms with E-state index in [1.807, 2.05) is 4.90 Å². The predicted octanol–water partition coefficient (Wildman–Crippen LogP) is 2.62. The van der Waals surface area contributed by atoms with Crippen molar-refractivity contribution in [1.82, 2.24) is 10.2 Å². The fourth-order valence-corrected chi connectivity index (χ4v) is 2.99. The highest BCUT2D eigenvalue weighted by Gasteiger charge is 2.20. The number of anilines is 1. The first-order chi connectivity index (χ1) is 9.97. The maximum atomic E-state index is 11.4. The molecular weight excluding hydrogens is 330 g/mol. The van der Waals surface area contributed by atoms with Gasteiger partial charge in [-0.15, -0.1) is 0 Å². The third kappa shape index (κ3) is 4.45. The van der Waals surface area contributed by atoms with Crippen LogP contribution in [0.25, 0.3) is 0 Å². The van der Waals surface area contributed by atoms with Gasteiger partial charge in [-0.05, 0) is 23.8 Å². The second-order valence-corrected chi connectivity index (χ2v) is 6.72. The summed E-state index contributed by atoms with van der Waals surface area (Å²) in [5, 5.41) is 3.48. The molecule has 1 aliphatic rings. The molecule has 0 spiro atoms. The van der Waals surface area contributed by atoms with Gasteiger partial charge in [-0.2, -0.15) is 0 Å². The smallest absolute Gasteiger partial charge is 0.219 e. The van der Waals surface area contributed by atoms with E-state index in [1.165, 1.54) is 11.3 Å². The van der Waals surface area contributed by atoms with Gasteiger partial charge in [0.2, 0.25) is 5.91 Å². The zero-order valence-electron chi connectivity index (χ0n) is 13.0. The van der Waals surface area contributed by atoms with Crippen LogP contribution in [0.3, 0.4) is 0 Å². The number of carbonyl (C=O) groups is 1. The van der Waals surface area contributed by atoms with Crippen molar-refractivity contribution < 1.29 is 4.79 Å². The summed E-state index contributed by atoms with van der Waals surface area (Å²) in [6.45, 7) is 10.2. The average molecular weight is 354 g/mol. The first kappa shape index (κ1) is 16.3. The average Bonchev–Trinajstić information content (AvgIpc) is 2.45. The van der Waals surface area contributed by atoms with Gasteiger partial charge in [0.15, 0.2) is 0 Å². The number of amides is 1. The van der Waals surface area contributed by atoms with E-state index in [1.54, 1.807) is 6.92 Å². The Morgan fingerprint density at radius 1 is 1.29 bits per heavy atom. The highest BCUT2D eigenvalue weighted by molar-refractivity contribution is 9.10. The molecule has 0 bridgehead atoms. The molecule has 0 unspecified atom stereocenters. The Labute approximate surface area is 135 Å². The second-order valence-electron chi connectivity index (χ2n) is 5.80. The number of benzene rings is 1. The number of nitrogens with one attached hydrogen (secondary N) is 1. The summed E-state index contributed by atoms with van der Waals surface area (Å²) in [4.78, 5) is 15.7. The highest BCUT2D eigenvalue weighted by Crippen LogP contribution is 2.26. The van der Waals surface area contributed by atoms with Gasteiger partial charge in [0.1, 0.15) is 0 Å². The van der Waals surface area contributed by atoms with Gasteiger partial charge >= 0.3 is 0 Å². The van der Waals surface area contributed by atoms with E-state index < -0.39 is 0 Å². The summed E-state index contributed by atoms with van der Waals surface area (Å²) in [5.41, 5.74) is 2.57. The van der Waals surface area contributed by atoms with Crippen LogP contribution in [0.4, 0.5) is 5.69 Å². The Kier molecular flexibility index (Phi) is 5.65. The standard InChI is InChI=1S/C16H24BrN3O/c1-12(2)18-11-14-10-15(17)4-5-16(14)20-8-6-19(7-9-20)13(3)21/h4-5,10,12,18H,6-9,11H2,1-3H3. The van der Waals surface area contributed by atoms with Crippen LogP contribution >= 0.6 is 15.9 Å². The molecule has 4 nitrogen and oxygen atoms in total. The molecule has 1 aromatic rings. The van der Waals surface area contributed by atoms with Crippen molar-refractivity contribution in [2.24, 2.45) is 0 Å². The molecule has 116 valence electrons. The van der Waals surface area contributed by atoms with Crippen LogP contribution < -0.4 is 10.2 Å². The van der Waals surface area contributed by atoms with Crippen LogP contribution in [0.1, 0.15) is 26.3 Å². The summed E-state index contributed by atoms with van der Waals surface area (Å²) < 4.78 is 1.11. The lowest BCUT2D eigenvalue weighted by atomic mass is 10.1. The van der Waals surface area contributed by atoms with Crippen LogP contribution in [0.2, 0.25) is 0 Å². The number of rotatable bonds is 4. The van der Waals surface area contributed by atoms with Gasteiger partial charge in [0, 0.05) is 55.8 Å². The normalized spacial score (nSPS) is 15.7. The molecule has 1 aliphatic heterocycles. The van der Waals surface area contributed by atoms with Crippen LogP contribution in [-0.2, 0) is 11.3 Å². The number of hydrogen-bond acceptors (Lipinski definition) is 3. The van der Waals surface area contributed by atoms with E-state index in [0.717, 1.165) is 37.2 Å². The zero-order valence-corrected chi connectivity index (χ0v) is 14.6.